The molecule has 0 aromatic rings. The van der Waals surface area contributed by atoms with E-state index in [0.29, 0.717) is 31.6 Å². The fourth-order valence-corrected chi connectivity index (χ4v) is 2.92. The van der Waals surface area contributed by atoms with Gasteiger partial charge in [-0.15, -0.1) is 24.0 Å². The van der Waals surface area contributed by atoms with Crippen molar-refractivity contribution in [3.8, 4) is 0 Å². The number of hydrogen-bond acceptors (Lipinski definition) is 4. The number of rotatable bonds is 11. The summed E-state index contributed by atoms with van der Waals surface area (Å²) in [6.07, 6.45) is 0.712. The minimum absolute atomic E-state index is 0. The largest absolute Gasteiger partial charge is 0.356 e. The third kappa shape index (κ3) is 12.3. The summed E-state index contributed by atoms with van der Waals surface area (Å²) in [5.41, 5.74) is 0. The molecule has 7 nitrogen and oxygen atoms in total. The highest BCUT2D eigenvalue weighted by molar-refractivity contribution is 14.0. The van der Waals surface area contributed by atoms with Crippen LogP contribution in [0.1, 0.15) is 41.0 Å². The fraction of sp³-hybridized carbons (Fsp3) is 0.933. The smallest absolute Gasteiger partial charge is 0.211 e. The van der Waals surface area contributed by atoms with E-state index in [1.807, 2.05) is 0 Å². The van der Waals surface area contributed by atoms with Crippen LogP contribution in [0, 0.1) is 0 Å². The van der Waals surface area contributed by atoms with E-state index in [2.05, 4.69) is 52.9 Å². The maximum Gasteiger partial charge on any atom is 0.211 e. The maximum atomic E-state index is 11.3. The second-order valence-electron chi connectivity index (χ2n) is 6.00. The first-order valence-corrected chi connectivity index (χ1v) is 10.1. The molecule has 0 spiro atoms. The van der Waals surface area contributed by atoms with Crippen LogP contribution in [0.4, 0.5) is 0 Å². The van der Waals surface area contributed by atoms with Gasteiger partial charge in [-0.3, -0.25) is 9.89 Å². The molecule has 0 aromatic heterocycles. The van der Waals surface area contributed by atoms with Crippen molar-refractivity contribution in [3.05, 3.63) is 0 Å². The Morgan fingerprint density at radius 2 is 1.58 bits per heavy atom. The zero-order valence-electron chi connectivity index (χ0n) is 15.9. The van der Waals surface area contributed by atoms with Gasteiger partial charge in [0.1, 0.15) is 0 Å². The molecule has 3 N–H and O–H groups in total. The molecule has 0 heterocycles. The van der Waals surface area contributed by atoms with E-state index >= 15 is 0 Å². The molecule has 0 saturated heterocycles. The first-order chi connectivity index (χ1) is 10.7. The average molecular weight is 477 g/mol. The van der Waals surface area contributed by atoms with Crippen LogP contribution < -0.4 is 15.4 Å². The zero-order valence-corrected chi connectivity index (χ0v) is 19.1. The quantitative estimate of drug-likeness (QED) is 0.180. The Balaban J connectivity index is 0. The minimum Gasteiger partial charge on any atom is -0.356 e. The predicted molar refractivity (Wildman–Crippen MR) is 114 cm³/mol. The Kier molecular flexibility index (Phi) is 15.3. The van der Waals surface area contributed by atoms with Crippen molar-refractivity contribution in [2.75, 3.05) is 39.0 Å². The van der Waals surface area contributed by atoms with E-state index in [0.717, 1.165) is 19.0 Å². The van der Waals surface area contributed by atoms with Gasteiger partial charge in [0.05, 0.1) is 5.75 Å². The summed E-state index contributed by atoms with van der Waals surface area (Å²) in [5, 5.41) is 6.48. The first-order valence-electron chi connectivity index (χ1n) is 8.41. The van der Waals surface area contributed by atoms with Gasteiger partial charge in [0.25, 0.3) is 0 Å². The number of nitrogens with zero attached hydrogens (tertiary/aromatic N) is 2. The van der Waals surface area contributed by atoms with Crippen LogP contribution in [-0.4, -0.2) is 70.3 Å². The molecule has 0 aliphatic rings. The molecule has 0 aromatic carbocycles. The molecule has 0 amide bonds. The van der Waals surface area contributed by atoms with Gasteiger partial charge in [0, 0.05) is 45.3 Å². The summed E-state index contributed by atoms with van der Waals surface area (Å²) in [4.78, 5) is 6.59. The summed E-state index contributed by atoms with van der Waals surface area (Å²) in [5.74, 6) is 0.863. The minimum atomic E-state index is -3.10. The molecule has 0 fully saturated rings. The van der Waals surface area contributed by atoms with Gasteiger partial charge in [-0.1, -0.05) is 0 Å². The van der Waals surface area contributed by atoms with Crippen molar-refractivity contribution in [1.82, 2.24) is 20.3 Å². The van der Waals surface area contributed by atoms with Crippen LogP contribution in [0.3, 0.4) is 0 Å². The van der Waals surface area contributed by atoms with E-state index in [4.69, 9.17) is 0 Å². The van der Waals surface area contributed by atoms with Crippen LogP contribution in [0.5, 0.6) is 0 Å². The topological polar surface area (TPSA) is 85.8 Å². The highest BCUT2D eigenvalue weighted by Crippen LogP contribution is 2.03. The Hall–Kier alpha value is -0.130. The van der Waals surface area contributed by atoms with Crippen molar-refractivity contribution in [1.29, 1.82) is 0 Å². The van der Waals surface area contributed by atoms with Gasteiger partial charge in [-0.05, 0) is 41.0 Å². The van der Waals surface area contributed by atoms with E-state index in [1.54, 1.807) is 14.0 Å². The van der Waals surface area contributed by atoms with E-state index < -0.39 is 10.0 Å². The molecule has 0 unspecified atom stereocenters. The molecule has 0 radical (unpaired) electrons. The number of guanidine groups is 1. The van der Waals surface area contributed by atoms with E-state index in [1.165, 1.54) is 0 Å². The molecule has 0 atom stereocenters. The second-order valence-corrected chi connectivity index (χ2v) is 8.10. The van der Waals surface area contributed by atoms with Crippen molar-refractivity contribution < 1.29 is 8.42 Å². The maximum absolute atomic E-state index is 11.3. The summed E-state index contributed by atoms with van der Waals surface area (Å²) in [6, 6.07) is 1.02. The summed E-state index contributed by atoms with van der Waals surface area (Å²) >= 11 is 0. The number of aliphatic imine (C=N–C) groups is 1. The molecule has 9 heteroatoms. The van der Waals surface area contributed by atoms with Gasteiger partial charge in [0.15, 0.2) is 5.96 Å². The van der Waals surface area contributed by atoms with Gasteiger partial charge < -0.3 is 10.6 Å². The molecule has 0 rings (SSSR count). The fourth-order valence-electron chi connectivity index (χ4n) is 2.26. The monoisotopic (exact) mass is 477 g/mol. The summed E-state index contributed by atoms with van der Waals surface area (Å²) in [7, 11) is -1.36. The number of hydrogen-bond donors (Lipinski definition) is 3. The van der Waals surface area contributed by atoms with Crippen LogP contribution in [0.25, 0.3) is 0 Å². The molecule has 0 bridgehead atoms. The Morgan fingerprint density at radius 3 is 2.04 bits per heavy atom. The lowest BCUT2D eigenvalue weighted by atomic mass is 10.2. The SMILES string of the molecule is CCS(=O)(=O)NCCCNC(=NC)NCCN(C(C)C)C(C)C.I. The van der Waals surface area contributed by atoms with Gasteiger partial charge in [-0.25, -0.2) is 13.1 Å². The molecule has 0 saturated carbocycles. The van der Waals surface area contributed by atoms with Crippen LogP contribution in [-0.2, 0) is 10.0 Å². The van der Waals surface area contributed by atoms with Crippen molar-refractivity contribution in [2.24, 2.45) is 4.99 Å². The molecule has 146 valence electrons. The van der Waals surface area contributed by atoms with Crippen LogP contribution in [0.15, 0.2) is 4.99 Å². The second kappa shape index (κ2) is 14.1. The van der Waals surface area contributed by atoms with E-state index in [9.17, 15) is 8.42 Å². The predicted octanol–water partition coefficient (Wildman–Crippen LogP) is 1.22. The Labute approximate surface area is 165 Å². The standard InChI is InChI=1S/C15H35N5O2S.HI/c1-7-23(21,22)19-10-8-9-17-15(16-6)18-11-12-20(13(2)3)14(4)5;/h13-14,19H,7-12H2,1-6H3,(H2,16,17,18);1H. The molecular formula is C15H36IN5O2S. The highest BCUT2D eigenvalue weighted by Gasteiger charge is 2.12. The van der Waals surface area contributed by atoms with Gasteiger partial charge in [-0.2, -0.15) is 0 Å². The lowest BCUT2D eigenvalue weighted by Gasteiger charge is -2.30. The molecule has 0 aliphatic carbocycles. The lowest BCUT2D eigenvalue weighted by molar-refractivity contribution is 0.178. The Bertz CT molecular complexity index is 433. The van der Waals surface area contributed by atoms with Gasteiger partial charge in [0.2, 0.25) is 10.0 Å². The Morgan fingerprint density at radius 1 is 1.04 bits per heavy atom. The third-order valence-corrected chi connectivity index (χ3v) is 4.96. The molecule has 24 heavy (non-hydrogen) atoms. The third-order valence-electron chi connectivity index (χ3n) is 3.56. The van der Waals surface area contributed by atoms with Crippen LogP contribution >= 0.6 is 24.0 Å². The van der Waals surface area contributed by atoms with Crippen molar-refractivity contribution in [3.63, 3.8) is 0 Å². The summed E-state index contributed by atoms with van der Waals surface area (Å²) in [6.45, 7) is 13.3. The van der Waals surface area contributed by atoms with E-state index in [-0.39, 0.29) is 29.7 Å². The van der Waals surface area contributed by atoms with Gasteiger partial charge >= 0.3 is 0 Å². The zero-order chi connectivity index (χ0) is 17.9. The van der Waals surface area contributed by atoms with Crippen molar-refractivity contribution in [2.45, 2.75) is 53.1 Å². The van der Waals surface area contributed by atoms with Crippen LogP contribution in [0.2, 0.25) is 0 Å². The molecule has 0 aliphatic heterocycles. The number of nitrogens with one attached hydrogen (secondary N) is 3. The summed E-state index contributed by atoms with van der Waals surface area (Å²) < 4.78 is 25.1. The first kappa shape index (κ1) is 26.1. The highest BCUT2D eigenvalue weighted by atomic mass is 127. The number of sulfonamides is 1. The lowest BCUT2D eigenvalue weighted by Crippen LogP contribution is -2.45. The number of halogens is 1. The molecular weight excluding hydrogens is 441 g/mol. The normalized spacial score (nSPS) is 12.6. The average Bonchev–Trinajstić information content (AvgIpc) is 2.48. The van der Waals surface area contributed by atoms with Crippen molar-refractivity contribution >= 4 is 40.0 Å².